The Morgan fingerprint density at radius 1 is 0.289 bits per heavy atom. The fourth-order valence-electron chi connectivity index (χ4n) is 11.8. The highest BCUT2D eigenvalue weighted by Crippen LogP contribution is 2.51. The molecule has 2 nitrogen and oxygen atoms in total. The van der Waals surface area contributed by atoms with E-state index in [1.807, 2.05) is 0 Å². The molecule has 0 unspecified atom stereocenters. The molecule has 0 saturated heterocycles. The quantitative estimate of drug-likeness (QED) is 0.145. The maximum Gasteiger partial charge on any atom is 0.0541 e. The standard InChI is InChI=1S/C74H70N2/c1-71(2,3)51-41-49(42-52(45-51)72(4,5)6)55-23-13-14-25-57(55)58-26-16-20-30-64(58)75(63-29-19-15-24-56(63)50-43-53(73(7,8)9)46-54(44-50)74(10,11)12)67-39-35-47-34-38-62-68(40-36-48-33-37-61(67)69(47)70(48)62)76-65-31-21-17-27-59(65)60-28-18-22-32-66(60)76/h13-46H,1-12H3. The van der Waals surface area contributed by atoms with Crippen molar-refractivity contribution in [2.45, 2.75) is 105 Å². The third-order valence-corrected chi connectivity index (χ3v) is 16.1. The fourth-order valence-corrected chi connectivity index (χ4v) is 11.8. The lowest BCUT2D eigenvalue weighted by Crippen LogP contribution is -2.17. The van der Waals surface area contributed by atoms with Crippen molar-refractivity contribution in [1.82, 2.24) is 4.57 Å². The van der Waals surface area contributed by atoms with Crippen LogP contribution in [0.25, 0.3) is 93.2 Å². The number of para-hydroxylation sites is 4. The molecular formula is C74H70N2. The van der Waals surface area contributed by atoms with Gasteiger partial charge in [0.25, 0.3) is 0 Å². The van der Waals surface area contributed by atoms with Gasteiger partial charge in [-0.3, -0.25) is 0 Å². The Kier molecular flexibility index (Phi) is 11.5. The zero-order valence-electron chi connectivity index (χ0n) is 46.5. The number of hydrogen-bond acceptors (Lipinski definition) is 1. The van der Waals surface area contributed by atoms with Crippen molar-refractivity contribution in [2.75, 3.05) is 4.90 Å². The molecule has 0 aliphatic carbocycles. The lowest BCUT2D eigenvalue weighted by Gasteiger charge is -2.32. The Bertz CT molecular complexity index is 4090. The van der Waals surface area contributed by atoms with Gasteiger partial charge in [-0.25, -0.2) is 0 Å². The maximum atomic E-state index is 2.59. The fraction of sp³-hybridized carbons (Fsp3) is 0.216. The van der Waals surface area contributed by atoms with E-state index >= 15 is 0 Å². The second-order valence-corrected chi connectivity index (χ2v) is 25.5. The summed E-state index contributed by atoms with van der Waals surface area (Å²) in [6.07, 6.45) is 0. The first kappa shape index (κ1) is 49.0. The van der Waals surface area contributed by atoms with E-state index in [0.717, 1.165) is 17.1 Å². The summed E-state index contributed by atoms with van der Waals surface area (Å²) in [5.74, 6) is 0. The molecule has 0 aliphatic rings. The van der Waals surface area contributed by atoms with Crippen molar-refractivity contribution in [3.8, 4) is 39.1 Å². The molecule has 11 aromatic carbocycles. The van der Waals surface area contributed by atoms with E-state index < -0.39 is 0 Å². The third kappa shape index (κ3) is 8.34. The molecule has 12 rings (SSSR count). The van der Waals surface area contributed by atoms with Crippen molar-refractivity contribution in [3.63, 3.8) is 0 Å². The second-order valence-electron chi connectivity index (χ2n) is 25.5. The van der Waals surface area contributed by atoms with Crippen LogP contribution in [0.15, 0.2) is 206 Å². The van der Waals surface area contributed by atoms with E-state index in [4.69, 9.17) is 0 Å². The Hall–Kier alpha value is -7.94. The summed E-state index contributed by atoms with van der Waals surface area (Å²) in [5.41, 5.74) is 19.4. The molecule has 0 spiro atoms. The first-order chi connectivity index (χ1) is 36.2. The Balaban J connectivity index is 1.16. The van der Waals surface area contributed by atoms with Crippen LogP contribution in [0.4, 0.5) is 17.1 Å². The first-order valence-electron chi connectivity index (χ1n) is 27.3. The number of anilines is 3. The molecule has 0 atom stereocenters. The van der Waals surface area contributed by atoms with Crippen LogP contribution in [0.5, 0.6) is 0 Å². The predicted molar refractivity (Wildman–Crippen MR) is 330 cm³/mol. The summed E-state index contributed by atoms with van der Waals surface area (Å²) in [4.78, 5) is 2.59. The molecule has 0 fully saturated rings. The average Bonchev–Trinajstić information content (AvgIpc) is 3.90. The molecule has 76 heavy (non-hydrogen) atoms. The van der Waals surface area contributed by atoms with Crippen molar-refractivity contribution < 1.29 is 0 Å². The molecule has 1 heterocycles. The average molecular weight is 987 g/mol. The molecule has 0 aliphatic heterocycles. The summed E-state index contributed by atoms with van der Waals surface area (Å²) in [5, 5.41) is 9.99. The SMILES string of the molecule is CC(C)(C)c1cc(-c2ccccc2-c2ccccc2N(c2ccccc2-c2cc(C(C)(C)C)cc(C(C)(C)C)c2)c2ccc3ccc4c(-n5c6ccccc6c6ccccc65)ccc5ccc2c3c54)cc(C(C)(C)C)c1. The van der Waals surface area contributed by atoms with E-state index in [1.165, 1.54) is 115 Å². The Morgan fingerprint density at radius 2 is 0.671 bits per heavy atom. The summed E-state index contributed by atoms with van der Waals surface area (Å²) < 4.78 is 2.48. The molecule has 12 aromatic rings. The number of rotatable bonds is 7. The molecule has 2 heteroatoms. The monoisotopic (exact) mass is 987 g/mol. The lowest BCUT2D eigenvalue weighted by molar-refractivity contribution is 0.568. The van der Waals surface area contributed by atoms with Crippen molar-refractivity contribution >= 4 is 71.2 Å². The summed E-state index contributed by atoms with van der Waals surface area (Å²) in [7, 11) is 0. The van der Waals surface area contributed by atoms with Crippen LogP contribution in [0, 0.1) is 0 Å². The number of aromatic nitrogens is 1. The minimum atomic E-state index is -0.0533. The largest absolute Gasteiger partial charge is 0.309 e. The number of benzene rings is 11. The van der Waals surface area contributed by atoms with Crippen LogP contribution in [-0.2, 0) is 21.7 Å². The molecule has 1 aromatic heterocycles. The molecule has 0 amide bonds. The minimum Gasteiger partial charge on any atom is -0.309 e. The highest BCUT2D eigenvalue weighted by Gasteiger charge is 2.28. The summed E-state index contributed by atoms with van der Waals surface area (Å²) in [6, 6.07) is 78.5. The van der Waals surface area contributed by atoms with E-state index in [1.54, 1.807) is 0 Å². The van der Waals surface area contributed by atoms with Crippen LogP contribution < -0.4 is 4.90 Å². The van der Waals surface area contributed by atoms with Crippen LogP contribution in [0.2, 0.25) is 0 Å². The highest BCUT2D eigenvalue weighted by molar-refractivity contribution is 6.28. The molecule has 0 radical (unpaired) electrons. The topological polar surface area (TPSA) is 8.17 Å². The van der Waals surface area contributed by atoms with Gasteiger partial charge in [0.15, 0.2) is 0 Å². The Labute approximate surface area is 450 Å². The number of hydrogen-bond donors (Lipinski definition) is 0. The van der Waals surface area contributed by atoms with Crippen LogP contribution in [0.3, 0.4) is 0 Å². The van der Waals surface area contributed by atoms with Gasteiger partial charge in [-0.05, 0) is 124 Å². The highest BCUT2D eigenvalue weighted by atomic mass is 15.1. The van der Waals surface area contributed by atoms with E-state index in [0.29, 0.717) is 0 Å². The van der Waals surface area contributed by atoms with E-state index in [-0.39, 0.29) is 21.7 Å². The predicted octanol–water partition coefficient (Wildman–Crippen LogP) is 21.3. The van der Waals surface area contributed by atoms with Crippen molar-refractivity contribution in [2.24, 2.45) is 0 Å². The zero-order valence-corrected chi connectivity index (χ0v) is 46.5. The molecule has 0 saturated carbocycles. The molecule has 0 N–H and O–H groups in total. The van der Waals surface area contributed by atoms with Gasteiger partial charge in [0.1, 0.15) is 0 Å². The van der Waals surface area contributed by atoms with E-state index in [9.17, 15) is 0 Å². The third-order valence-electron chi connectivity index (χ3n) is 16.1. The van der Waals surface area contributed by atoms with Crippen LogP contribution in [0.1, 0.15) is 105 Å². The van der Waals surface area contributed by atoms with Gasteiger partial charge in [0.05, 0.1) is 33.8 Å². The van der Waals surface area contributed by atoms with Gasteiger partial charge in [-0.1, -0.05) is 253 Å². The number of fused-ring (bicyclic) bond motifs is 3. The zero-order chi connectivity index (χ0) is 53.1. The maximum absolute atomic E-state index is 2.59. The Morgan fingerprint density at radius 3 is 1.20 bits per heavy atom. The number of nitrogens with zero attached hydrogens (tertiary/aromatic N) is 2. The van der Waals surface area contributed by atoms with Gasteiger partial charge in [-0.2, -0.15) is 0 Å². The lowest BCUT2D eigenvalue weighted by atomic mass is 9.78. The molecule has 376 valence electrons. The van der Waals surface area contributed by atoms with Crippen LogP contribution in [-0.4, -0.2) is 4.57 Å². The minimum absolute atomic E-state index is 0.0280. The van der Waals surface area contributed by atoms with Crippen molar-refractivity contribution in [1.29, 1.82) is 0 Å². The summed E-state index contributed by atoms with van der Waals surface area (Å²) in [6.45, 7) is 28.0. The molecular weight excluding hydrogens is 917 g/mol. The van der Waals surface area contributed by atoms with Gasteiger partial charge >= 0.3 is 0 Å². The molecule has 0 bridgehead atoms. The van der Waals surface area contributed by atoms with E-state index in [2.05, 4.69) is 299 Å². The summed E-state index contributed by atoms with van der Waals surface area (Å²) >= 11 is 0. The smallest absolute Gasteiger partial charge is 0.0541 e. The van der Waals surface area contributed by atoms with Gasteiger partial charge in [-0.15, -0.1) is 0 Å². The van der Waals surface area contributed by atoms with Gasteiger partial charge in [0, 0.05) is 32.7 Å². The first-order valence-corrected chi connectivity index (χ1v) is 27.3. The second kappa shape index (κ2) is 17.8. The van der Waals surface area contributed by atoms with Crippen molar-refractivity contribution in [3.05, 3.63) is 229 Å². The van der Waals surface area contributed by atoms with Crippen LogP contribution >= 0.6 is 0 Å². The van der Waals surface area contributed by atoms with Gasteiger partial charge < -0.3 is 9.47 Å². The van der Waals surface area contributed by atoms with Gasteiger partial charge in [0.2, 0.25) is 0 Å². The normalized spacial score (nSPS) is 12.7.